The first-order valence-electron chi connectivity index (χ1n) is 10.7. The van der Waals surface area contributed by atoms with Crippen LogP contribution in [-0.2, 0) is 21.5 Å². The zero-order valence-corrected chi connectivity index (χ0v) is 19.7. The molecule has 0 radical (unpaired) electrons. The summed E-state index contributed by atoms with van der Waals surface area (Å²) in [6, 6.07) is 6.72. The molecule has 2 aliphatic heterocycles. The number of aliphatic imine (C=N–C) groups is 1. The van der Waals surface area contributed by atoms with Crippen LogP contribution in [0.3, 0.4) is 0 Å². The Kier molecular flexibility index (Phi) is 4.76. The second-order valence-corrected chi connectivity index (χ2v) is 12.1. The number of pyridine rings is 1. The molecule has 2 unspecified atom stereocenters. The predicted molar refractivity (Wildman–Crippen MR) is 129 cm³/mol. The van der Waals surface area contributed by atoms with E-state index in [0.717, 1.165) is 5.56 Å². The zero-order chi connectivity index (χ0) is 23.6. The number of amidine groups is 1. The standard InChI is InChI=1S/C24H26FN5O2S/c1-23-8-7-20(33(23,4)31)24(2,30-22(23)26)16-9-14(5-6-17(16)25)10-18-21-19(29-13-28-18)11-15(32-3)12-27-21/h5-6,9,11-13,20H,4,7-8,10H2,1-3H3,(H2,26,30)/t20?,23-,24-,33?/m1/s1. The molecule has 2 aliphatic rings. The van der Waals surface area contributed by atoms with Gasteiger partial charge in [0.05, 0.1) is 34.5 Å². The van der Waals surface area contributed by atoms with Gasteiger partial charge in [0.1, 0.15) is 34.8 Å². The van der Waals surface area contributed by atoms with E-state index in [1.165, 1.54) is 12.4 Å². The lowest BCUT2D eigenvalue weighted by atomic mass is 9.85. The van der Waals surface area contributed by atoms with Crippen molar-refractivity contribution < 1.29 is 13.3 Å². The minimum atomic E-state index is -2.62. The summed E-state index contributed by atoms with van der Waals surface area (Å²) in [7, 11) is -1.05. The fourth-order valence-corrected chi connectivity index (χ4v) is 8.11. The number of fused-ring (bicyclic) bond motifs is 3. The van der Waals surface area contributed by atoms with Gasteiger partial charge in [0.25, 0.3) is 0 Å². The first-order chi connectivity index (χ1) is 15.6. The average molecular weight is 468 g/mol. The SMILES string of the molecule is C=S1(=O)C2CC[C@]1(C)C(N)=N[C@]2(C)c1cc(Cc2ncnc3cc(OC)cnc23)ccc1F. The summed E-state index contributed by atoms with van der Waals surface area (Å²) < 4.78 is 33.4. The number of hydrogen-bond donors (Lipinski definition) is 1. The highest BCUT2D eigenvalue weighted by Crippen LogP contribution is 2.51. The Balaban J connectivity index is 1.59. The van der Waals surface area contributed by atoms with Gasteiger partial charge >= 0.3 is 0 Å². The highest BCUT2D eigenvalue weighted by atomic mass is 32.2. The molecule has 4 atom stereocenters. The molecule has 1 saturated heterocycles. The molecule has 2 N–H and O–H groups in total. The number of nitrogens with two attached hydrogens (primary N) is 1. The van der Waals surface area contributed by atoms with Gasteiger partial charge in [0.15, 0.2) is 0 Å². The molecule has 33 heavy (non-hydrogen) atoms. The molecule has 1 aromatic carbocycles. The average Bonchev–Trinajstić information content (AvgIpc) is 2.97. The summed E-state index contributed by atoms with van der Waals surface area (Å²) in [5.41, 5.74) is 8.50. The Morgan fingerprint density at radius 2 is 2.06 bits per heavy atom. The van der Waals surface area contributed by atoms with Gasteiger partial charge < -0.3 is 10.5 Å². The number of methoxy groups -OCH3 is 1. The van der Waals surface area contributed by atoms with Gasteiger partial charge in [-0.15, -0.1) is 0 Å². The summed E-state index contributed by atoms with van der Waals surface area (Å²) in [5.74, 6) is 4.57. The number of nitrogens with zero attached hydrogens (tertiary/aromatic N) is 4. The lowest BCUT2D eigenvalue weighted by molar-refractivity contribution is 0.413. The van der Waals surface area contributed by atoms with E-state index < -0.39 is 25.6 Å². The van der Waals surface area contributed by atoms with Gasteiger partial charge in [0, 0.05) is 18.1 Å². The highest BCUT2D eigenvalue weighted by molar-refractivity contribution is 8.03. The van der Waals surface area contributed by atoms with Crippen LogP contribution < -0.4 is 10.5 Å². The van der Waals surface area contributed by atoms with Crippen LogP contribution in [0.5, 0.6) is 5.75 Å². The maximum Gasteiger partial charge on any atom is 0.139 e. The molecule has 0 spiro atoms. The fourth-order valence-electron chi connectivity index (χ4n) is 5.20. The molecular weight excluding hydrogens is 441 g/mol. The topological polar surface area (TPSA) is 103 Å². The van der Waals surface area contributed by atoms with Crippen molar-refractivity contribution in [1.29, 1.82) is 0 Å². The van der Waals surface area contributed by atoms with Crippen molar-refractivity contribution in [2.24, 2.45) is 10.7 Å². The van der Waals surface area contributed by atoms with E-state index in [-0.39, 0.29) is 5.25 Å². The largest absolute Gasteiger partial charge is 0.495 e. The van der Waals surface area contributed by atoms with Crippen molar-refractivity contribution in [3.63, 3.8) is 0 Å². The van der Waals surface area contributed by atoms with Gasteiger partial charge in [-0.2, -0.15) is 0 Å². The molecule has 0 amide bonds. The summed E-state index contributed by atoms with van der Waals surface area (Å²) in [6.45, 7) is 3.67. The van der Waals surface area contributed by atoms with Crippen LogP contribution in [0.2, 0.25) is 0 Å². The number of hydrogen-bond acceptors (Lipinski definition) is 7. The minimum absolute atomic E-state index is 0.295. The van der Waals surface area contributed by atoms with E-state index in [1.54, 1.807) is 31.5 Å². The monoisotopic (exact) mass is 467 g/mol. The lowest BCUT2D eigenvalue weighted by Gasteiger charge is -2.42. The number of benzene rings is 1. The zero-order valence-electron chi connectivity index (χ0n) is 18.8. The predicted octanol–water partition coefficient (Wildman–Crippen LogP) is 2.99. The Morgan fingerprint density at radius 3 is 2.82 bits per heavy atom. The second kappa shape index (κ2) is 7.21. The molecule has 172 valence electrons. The third-order valence-electron chi connectivity index (χ3n) is 7.34. The number of halogens is 1. The lowest BCUT2D eigenvalue weighted by Crippen LogP contribution is -2.55. The summed E-state index contributed by atoms with van der Waals surface area (Å²) in [6.07, 6.45) is 4.78. The Bertz CT molecular complexity index is 1420. The maximum absolute atomic E-state index is 15.2. The van der Waals surface area contributed by atoms with Crippen molar-refractivity contribution in [3.05, 3.63) is 59.4 Å². The van der Waals surface area contributed by atoms with Gasteiger partial charge in [-0.05, 0) is 53.7 Å². The van der Waals surface area contributed by atoms with E-state index in [0.29, 0.717) is 53.1 Å². The first kappa shape index (κ1) is 21.8. The molecule has 0 saturated carbocycles. The first-order valence-corrected chi connectivity index (χ1v) is 12.5. The fraction of sp³-hybridized carbons (Fsp3) is 0.375. The molecule has 9 heteroatoms. The minimum Gasteiger partial charge on any atom is -0.495 e. The van der Waals surface area contributed by atoms with Crippen LogP contribution in [0.4, 0.5) is 4.39 Å². The number of aromatic nitrogens is 3. The smallest absolute Gasteiger partial charge is 0.139 e. The van der Waals surface area contributed by atoms with Crippen molar-refractivity contribution >= 4 is 32.3 Å². The second-order valence-electron chi connectivity index (χ2n) is 9.18. The van der Waals surface area contributed by atoms with Gasteiger partial charge in [-0.3, -0.25) is 9.20 Å². The van der Waals surface area contributed by atoms with E-state index in [2.05, 4.69) is 20.8 Å². The number of ether oxygens (including phenoxy) is 1. The Labute approximate surface area is 192 Å². The maximum atomic E-state index is 15.2. The molecule has 0 aliphatic carbocycles. The molecule has 1 fully saturated rings. The Hall–Kier alpha value is -3.07. The Morgan fingerprint density at radius 1 is 1.27 bits per heavy atom. The number of rotatable bonds is 4. The third-order valence-corrected chi connectivity index (χ3v) is 10.9. The van der Waals surface area contributed by atoms with Crippen LogP contribution in [-0.4, -0.2) is 48.0 Å². The van der Waals surface area contributed by atoms with E-state index in [9.17, 15) is 4.21 Å². The van der Waals surface area contributed by atoms with E-state index in [1.807, 2.05) is 13.8 Å². The molecule has 7 nitrogen and oxygen atoms in total. The molecule has 4 heterocycles. The van der Waals surface area contributed by atoms with Gasteiger partial charge in [0.2, 0.25) is 0 Å². The molecular formula is C24H26FN5O2S. The molecule has 2 bridgehead atoms. The summed E-state index contributed by atoms with van der Waals surface area (Å²) in [4.78, 5) is 17.9. The quantitative estimate of drug-likeness (QED) is 0.592. The van der Waals surface area contributed by atoms with Crippen LogP contribution in [0.25, 0.3) is 11.0 Å². The van der Waals surface area contributed by atoms with Crippen molar-refractivity contribution in [2.45, 2.75) is 48.6 Å². The van der Waals surface area contributed by atoms with Crippen LogP contribution in [0.1, 0.15) is 43.5 Å². The van der Waals surface area contributed by atoms with Gasteiger partial charge in [-0.25, -0.2) is 19.3 Å². The van der Waals surface area contributed by atoms with Crippen molar-refractivity contribution in [3.8, 4) is 5.75 Å². The summed E-state index contributed by atoms with van der Waals surface area (Å²) in [5, 5.41) is -0.388. The van der Waals surface area contributed by atoms with Crippen LogP contribution in [0.15, 0.2) is 41.8 Å². The van der Waals surface area contributed by atoms with E-state index in [4.69, 9.17) is 15.5 Å². The van der Waals surface area contributed by atoms with E-state index >= 15 is 4.39 Å². The third kappa shape index (κ3) is 3.05. The molecule has 5 rings (SSSR count). The van der Waals surface area contributed by atoms with Crippen molar-refractivity contribution in [1.82, 2.24) is 15.0 Å². The van der Waals surface area contributed by atoms with Gasteiger partial charge in [-0.1, -0.05) is 12.1 Å². The summed E-state index contributed by atoms with van der Waals surface area (Å²) >= 11 is 0. The van der Waals surface area contributed by atoms with Crippen molar-refractivity contribution in [2.75, 3.05) is 7.11 Å². The van der Waals surface area contributed by atoms with Crippen LogP contribution >= 0.6 is 0 Å². The highest BCUT2D eigenvalue weighted by Gasteiger charge is 2.59. The molecule has 2 aromatic heterocycles. The molecule has 3 aromatic rings. The normalized spacial score (nSPS) is 30.9. The van der Waals surface area contributed by atoms with Crippen LogP contribution in [0, 0.1) is 5.82 Å².